The van der Waals surface area contributed by atoms with E-state index in [2.05, 4.69) is 54.7 Å². The molecule has 1 aromatic heterocycles. The summed E-state index contributed by atoms with van der Waals surface area (Å²) in [4.78, 5) is 18.2. The van der Waals surface area contributed by atoms with Crippen LogP contribution in [0.3, 0.4) is 0 Å². The number of amides is 1. The van der Waals surface area contributed by atoms with Gasteiger partial charge in [0.2, 0.25) is 5.91 Å². The highest BCUT2D eigenvalue weighted by molar-refractivity contribution is 7.12. The third-order valence-electron chi connectivity index (χ3n) is 5.23. The number of aromatic nitrogens is 1. The standard InChI is InChI=1S/C21H23N3OS/c1-14-5-2-3-7-16(14)15-6-4-9-21(11-15,12-19(22)25)20-24-17-8-10-23-13-18(17)26-20/h2-7,9,23H,8,10-13H2,1H3,(H2,22,25). The predicted molar refractivity (Wildman–Crippen MR) is 106 cm³/mol. The molecule has 134 valence electrons. The van der Waals surface area contributed by atoms with E-state index in [0.717, 1.165) is 30.9 Å². The van der Waals surface area contributed by atoms with Crippen LogP contribution in [0, 0.1) is 6.92 Å². The number of rotatable bonds is 4. The zero-order chi connectivity index (χ0) is 18.1. The fourth-order valence-corrected chi connectivity index (χ4v) is 5.16. The fraction of sp³-hybridized carbons (Fsp3) is 0.333. The Kier molecular flexibility index (Phi) is 4.51. The number of benzene rings is 1. The number of carbonyl (C=O) groups is 1. The molecule has 1 aliphatic heterocycles. The third kappa shape index (κ3) is 3.13. The van der Waals surface area contributed by atoms with E-state index < -0.39 is 5.41 Å². The number of carbonyl (C=O) groups excluding carboxylic acids is 1. The Hall–Kier alpha value is -2.24. The first kappa shape index (κ1) is 17.2. The van der Waals surface area contributed by atoms with E-state index in [0.29, 0.717) is 0 Å². The van der Waals surface area contributed by atoms with E-state index in [1.807, 2.05) is 0 Å². The van der Waals surface area contributed by atoms with Gasteiger partial charge >= 0.3 is 0 Å². The van der Waals surface area contributed by atoms with Crippen molar-refractivity contribution in [2.45, 2.75) is 38.1 Å². The van der Waals surface area contributed by atoms with Crippen LogP contribution in [0.2, 0.25) is 0 Å². The van der Waals surface area contributed by atoms with E-state index >= 15 is 0 Å². The maximum absolute atomic E-state index is 11.9. The zero-order valence-corrected chi connectivity index (χ0v) is 15.7. The van der Waals surface area contributed by atoms with Gasteiger partial charge in [0.1, 0.15) is 5.01 Å². The molecule has 4 rings (SSSR count). The lowest BCUT2D eigenvalue weighted by molar-refractivity contribution is -0.118. The van der Waals surface area contributed by atoms with Crippen molar-refractivity contribution < 1.29 is 4.79 Å². The molecular formula is C21H23N3OS. The summed E-state index contributed by atoms with van der Waals surface area (Å²) in [6, 6.07) is 8.38. The van der Waals surface area contributed by atoms with Crippen LogP contribution in [-0.2, 0) is 23.2 Å². The third-order valence-corrected chi connectivity index (χ3v) is 6.55. The van der Waals surface area contributed by atoms with E-state index in [-0.39, 0.29) is 12.3 Å². The second-order valence-corrected chi connectivity index (χ2v) is 8.24. The van der Waals surface area contributed by atoms with Crippen LogP contribution in [-0.4, -0.2) is 17.4 Å². The average molecular weight is 366 g/mol. The second-order valence-electron chi connectivity index (χ2n) is 7.16. The number of nitrogens with one attached hydrogen (secondary N) is 1. The van der Waals surface area contributed by atoms with Gasteiger partial charge in [0.05, 0.1) is 11.1 Å². The monoisotopic (exact) mass is 365 g/mol. The van der Waals surface area contributed by atoms with Crippen LogP contribution in [0.25, 0.3) is 5.57 Å². The molecule has 0 bridgehead atoms. The molecule has 1 amide bonds. The van der Waals surface area contributed by atoms with E-state index in [9.17, 15) is 4.79 Å². The second kappa shape index (κ2) is 6.82. The minimum atomic E-state index is -0.444. The van der Waals surface area contributed by atoms with E-state index in [1.54, 1.807) is 11.3 Å². The van der Waals surface area contributed by atoms with Crippen molar-refractivity contribution in [3.63, 3.8) is 0 Å². The Morgan fingerprint density at radius 1 is 1.38 bits per heavy atom. The van der Waals surface area contributed by atoms with Crippen LogP contribution < -0.4 is 11.1 Å². The Balaban J connectivity index is 1.75. The molecule has 26 heavy (non-hydrogen) atoms. The molecule has 5 heteroatoms. The van der Waals surface area contributed by atoms with Gasteiger partial charge in [-0.25, -0.2) is 4.98 Å². The average Bonchev–Trinajstić information content (AvgIpc) is 3.07. The number of nitrogens with zero attached hydrogens (tertiary/aromatic N) is 1. The molecular weight excluding hydrogens is 342 g/mol. The number of hydrogen-bond donors (Lipinski definition) is 2. The van der Waals surface area contributed by atoms with Crippen molar-refractivity contribution in [2.75, 3.05) is 6.54 Å². The minimum Gasteiger partial charge on any atom is -0.370 e. The first-order valence-electron chi connectivity index (χ1n) is 9.00. The first-order chi connectivity index (χ1) is 12.6. The van der Waals surface area contributed by atoms with Gasteiger partial charge < -0.3 is 11.1 Å². The lowest BCUT2D eigenvalue weighted by Crippen LogP contribution is -2.32. The van der Waals surface area contributed by atoms with Gasteiger partial charge in [0.25, 0.3) is 0 Å². The molecule has 2 heterocycles. The lowest BCUT2D eigenvalue weighted by atomic mass is 9.74. The summed E-state index contributed by atoms with van der Waals surface area (Å²) < 4.78 is 0. The SMILES string of the molecule is Cc1ccccc1C1=CC=CC(CC(N)=O)(c2nc3c(s2)CNCC3)C1. The summed E-state index contributed by atoms with van der Waals surface area (Å²) in [5, 5.41) is 4.42. The normalized spacial score (nSPS) is 22.0. The largest absolute Gasteiger partial charge is 0.370 e. The molecule has 1 atom stereocenters. The Bertz CT molecular complexity index is 888. The molecule has 2 aliphatic rings. The minimum absolute atomic E-state index is 0.284. The van der Waals surface area contributed by atoms with Gasteiger partial charge in [-0.3, -0.25) is 4.79 Å². The number of nitrogens with two attached hydrogens (primary N) is 1. The summed E-state index contributed by atoms with van der Waals surface area (Å²) in [6.45, 7) is 3.95. The van der Waals surface area contributed by atoms with E-state index in [1.165, 1.54) is 27.3 Å². The van der Waals surface area contributed by atoms with Gasteiger partial charge in [-0.1, -0.05) is 42.5 Å². The summed E-state index contributed by atoms with van der Waals surface area (Å²) in [5.74, 6) is -0.285. The number of primary amides is 1. The maximum atomic E-state index is 11.9. The number of fused-ring (bicyclic) bond motifs is 1. The zero-order valence-electron chi connectivity index (χ0n) is 14.9. The lowest BCUT2D eigenvalue weighted by Gasteiger charge is -2.31. The quantitative estimate of drug-likeness (QED) is 0.874. The van der Waals surface area contributed by atoms with Crippen molar-refractivity contribution in [1.82, 2.24) is 10.3 Å². The number of hydrogen-bond acceptors (Lipinski definition) is 4. The number of aryl methyl sites for hydroxylation is 1. The summed E-state index contributed by atoms with van der Waals surface area (Å²) in [7, 11) is 0. The molecule has 1 aromatic carbocycles. The van der Waals surface area contributed by atoms with Gasteiger partial charge in [-0.15, -0.1) is 11.3 Å². The van der Waals surface area contributed by atoms with Crippen LogP contribution in [0.4, 0.5) is 0 Å². The molecule has 0 saturated carbocycles. The first-order valence-corrected chi connectivity index (χ1v) is 9.81. The van der Waals surface area contributed by atoms with Gasteiger partial charge in [-0.05, 0) is 30.0 Å². The highest BCUT2D eigenvalue weighted by Gasteiger charge is 2.38. The summed E-state index contributed by atoms with van der Waals surface area (Å²) >= 11 is 1.72. The van der Waals surface area contributed by atoms with Crippen LogP contribution in [0.15, 0.2) is 42.5 Å². The highest BCUT2D eigenvalue weighted by atomic mass is 32.1. The summed E-state index contributed by atoms with van der Waals surface area (Å²) in [6.07, 6.45) is 8.31. The van der Waals surface area contributed by atoms with Crippen molar-refractivity contribution in [1.29, 1.82) is 0 Å². The molecule has 0 radical (unpaired) electrons. The highest BCUT2D eigenvalue weighted by Crippen LogP contribution is 2.44. The topological polar surface area (TPSA) is 68.0 Å². The molecule has 2 aromatic rings. The van der Waals surface area contributed by atoms with Crippen LogP contribution in [0.1, 0.15) is 39.5 Å². The number of thiazole rings is 1. The molecule has 4 nitrogen and oxygen atoms in total. The van der Waals surface area contributed by atoms with Crippen LogP contribution in [0.5, 0.6) is 0 Å². The maximum Gasteiger partial charge on any atom is 0.218 e. The van der Waals surface area contributed by atoms with E-state index in [4.69, 9.17) is 10.7 Å². The molecule has 0 fully saturated rings. The van der Waals surface area contributed by atoms with Gasteiger partial charge in [0, 0.05) is 30.8 Å². The van der Waals surface area contributed by atoms with Crippen molar-refractivity contribution in [2.24, 2.45) is 5.73 Å². The number of allylic oxidation sites excluding steroid dienone is 4. The fourth-order valence-electron chi connectivity index (χ4n) is 3.92. The molecule has 1 unspecified atom stereocenters. The Morgan fingerprint density at radius 2 is 2.23 bits per heavy atom. The molecule has 3 N–H and O–H groups in total. The molecule has 0 saturated heterocycles. The Labute approximate surface area is 157 Å². The molecule has 1 aliphatic carbocycles. The van der Waals surface area contributed by atoms with Gasteiger partial charge in [0.15, 0.2) is 0 Å². The Morgan fingerprint density at radius 3 is 3.00 bits per heavy atom. The predicted octanol–water partition coefficient (Wildman–Crippen LogP) is 3.25. The van der Waals surface area contributed by atoms with Crippen LogP contribution >= 0.6 is 11.3 Å². The van der Waals surface area contributed by atoms with Crippen molar-refractivity contribution in [3.8, 4) is 0 Å². The van der Waals surface area contributed by atoms with Crippen molar-refractivity contribution in [3.05, 3.63) is 69.2 Å². The smallest absolute Gasteiger partial charge is 0.218 e. The molecule has 0 spiro atoms. The van der Waals surface area contributed by atoms with Gasteiger partial charge in [-0.2, -0.15) is 0 Å². The van der Waals surface area contributed by atoms with Crippen molar-refractivity contribution >= 4 is 22.8 Å². The summed E-state index contributed by atoms with van der Waals surface area (Å²) in [5.41, 5.74) is 10.1.